The van der Waals surface area contributed by atoms with Crippen molar-refractivity contribution in [1.82, 2.24) is 0 Å². The molecule has 1 aliphatic rings. The summed E-state index contributed by atoms with van der Waals surface area (Å²) < 4.78 is 1.45. The molecule has 0 bridgehead atoms. The molecule has 17 heavy (non-hydrogen) atoms. The molecule has 1 aromatic carbocycles. The number of hydrogen-bond donors (Lipinski definition) is 0. The summed E-state index contributed by atoms with van der Waals surface area (Å²) in [6, 6.07) is 8.78. The van der Waals surface area contributed by atoms with Gasteiger partial charge in [0.05, 0.1) is 0 Å². The van der Waals surface area contributed by atoms with Crippen LogP contribution in [0.4, 0.5) is 0 Å². The molecule has 0 saturated heterocycles. The van der Waals surface area contributed by atoms with E-state index >= 15 is 0 Å². The molecule has 0 heterocycles. The Kier molecular flexibility index (Phi) is 10.7. The molecule has 0 amide bonds. The van der Waals surface area contributed by atoms with Crippen molar-refractivity contribution >= 4 is 0 Å². The Labute approximate surface area is 134 Å². The molecule has 0 radical (unpaired) electrons. The van der Waals surface area contributed by atoms with Gasteiger partial charge in [-0.1, -0.05) is 0 Å². The van der Waals surface area contributed by atoms with Crippen LogP contribution in [0.15, 0.2) is 45.9 Å². The quantitative estimate of drug-likeness (QED) is 0.476. The van der Waals surface area contributed by atoms with Crippen LogP contribution in [0.3, 0.4) is 0 Å². The minimum absolute atomic E-state index is 0. The first-order valence-electron chi connectivity index (χ1n) is 4.91. The van der Waals surface area contributed by atoms with Crippen LogP contribution in [0.5, 0.6) is 0 Å². The van der Waals surface area contributed by atoms with E-state index < -0.39 is 0 Å². The van der Waals surface area contributed by atoms with Crippen molar-refractivity contribution in [3.05, 3.63) is 57.0 Å². The van der Waals surface area contributed by atoms with Crippen LogP contribution in [-0.2, 0) is 26.9 Å². The van der Waals surface area contributed by atoms with Crippen molar-refractivity contribution in [2.24, 2.45) is 0 Å². The second-order valence-corrected chi connectivity index (χ2v) is 4.63. The van der Waals surface area contributed by atoms with Crippen LogP contribution < -0.4 is 37.2 Å². The summed E-state index contributed by atoms with van der Waals surface area (Å²) in [5.41, 5.74) is 4.35. The molecule has 0 fully saturated rings. The van der Waals surface area contributed by atoms with Crippen molar-refractivity contribution in [2.75, 3.05) is 0 Å². The normalized spacial score (nSPS) is 12.6. The van der Waals surface area contributed by atoms with Gasteiger partial charge in [-0.25, -0.2) is 0 Å². The summed E-state index contributed by atoms with van der Waals surface area (Å²) in [6.45, 7) is 2.15. The third kappa shape index (κ3) is 5.63. The van der Waals surface area contributed by atoms with E-state index in [0.29, 0.717) is 0 Å². The third-order valence-corrected chi connectivity index (χ3v) is 3.34. The number of hydrogen-bond acceptors (Lipinski definition) is 0. The standard InChI is InChI=1S/C13H13.3ClH.Ti/c1-11-5-4-8-13(9-11)10-12-6-2-3-7-12;;;;/h2-5,8-9H,6,10H2,1H3;3*1H;/q;;;;+3/p-3. The molecule has 0 saturated carbocycles. The second kappa shape index (κ2) is 9.25. The predicted molar refractivity (Wildman–Crippen MR) is 55.7 cm³/mol. The summed E-state index contributed by atoms with van der Waals surface area (Å²) in [4.78, 5) is 0. The summed E-state index contributed by atoms with van der Waals surface area (Å²) in [5.74, 6) is 0. The van der Waals surface area contributed by atoms with Crippen molar-refractivity contribution in [1.29, 1.82) is 0 Å². The van der Waals surface area contributed by atoms with E-state index in [2.05, 4.69) is 63.8 Å². The van der Waals surface area contributed by atoms with Gasteiger partial charge in [-0.2, -0.15) is 0 Å². The molecule has 2 rings (SSSR count). The molecule has 0 aliphatic heterocycles. The number of rotatable bonds is 2. The van der Waals surface area contributed by atoms with E-state index in [9.17, 15) is 0 Å². The van der Waals surface area contributed by atoms with Gasteiger partial charge in [0.1, 0.15) is 0 Å². The maximum absolute atomic E-state index is 2.28. The third-order valence-electron chi connectivity index (χ3n) is 2.53. The van der Waals surface area contributed by atoms with Crippen molar-refractivity contribution in [3.8, 4) is 0 Å². The number of halogens is 3. The van der Waals surface area contributed by atoms with E-state index in [1.165, 1.54) is 15.0 Å². The van der Waals surface area contributed by atoms with E-state index in [0.717, 1.165) is 12.8 Å². The van der Waals surface area contributed by atoms with Gasteiger partial charge in [0.15, 0.2) is 0 Å². The zero-order chi connectivity index (χ0) is 9.97. The topological polar surface area (TPSA) is 0 Å². The average molecular weight is 323 g/mol. The second-order valence-electron chi connectivity index (χ2n) is 3.79. The summed E-state index contributed by atoms with van der Waals surface area (Å²) in [5, 5.41) is 0. The SMILES string of the molecule is Cc1cccc(CC2=[C]([Ti+3])C=CC2)c1.[Cl-].[Cl-].[Cl-]. The molecule has 0 N–H and O–H groups in total. The zero-order valence-electron chi connectivity index (χ0n) is 9.51. The average Bonchev–Trinajstić information content (AvgIpc) is 2.52. The van der Waals surface area contributed by atoms with Crippen LogP contribution in [-0.4, -0.2) is 0 Å². The fourth-order valence-electron chi connectivity index (χ4n) is 1.78. The molecular formula is C13H13Cl3Ti. The van der Waals surface area contributed by atoms with Crippen molar-refractivity contribution in [2.45, 2.75) is 19.8 Å². The minimum Gasteiger partial charge on any atom is -1.00 e. The van der Waals surface area contributed by atoms with Gasteiger partial charge in [0.2, 0.25) is 0 Å². The molecule has 1 aromatic rings. The summed E-state index contributed by atoms with van der Waals surface area (Å²) in [6.07, 6.45) is 6.73. The monoisotopic (exact) mass is 322 g/mol. The maximum Gasteiger partial charge on any atom is -1.00 e. The fourth-order valence-corrected chi connectivity index (χ4v) is 2.26. The van der Waals surface area contributed by atoms with Gasteiger partial charge in [-0.15, -0.1) is 0 Å². The molecule has 0 nitrogen and oxygen atoms in total. The van der Waals surface area contributed by atoms with E-state index in [1.54, 1.807) is 5.57 Å². The largest absolute Gasteiger partial charge is 1.00 e. The Morgan fingerprint density at radius 1 is 1.18 bits per heavy atom. The van der Waals surface area contributed by atoms with E-state index in [1.807, 2.05) is 0 Å². The Morgan fingerprint density at radius 3 is 2.41 bits per heavy atom. The Morgan fingerprint density at radius 2 is 1.88 bits per heavy atom. The minimum atomic E-state index is 0. The van der Waals surface area contributed by atoms with Gasteiger partial charge in [0.25, 0.3) is 0 Å². The van der Waals surface area contributed by atoms with Crippen LogP contribution in [0.2, 0.25) is 0 Å². The maximum atomic E-state index is 2.28. The Bertz CT molecular complexity index is 411. The van der Waals surface area contributed by atoms with Crippen LogP contribution in [0.25, 0.3) is 0 Å². The first kappa shape index (κ1) is 19.6. The van der Waals surface area contributed by atoms with Crippen molar-refractivity contribution in [3.63, 3.8) is 0 Å². The van der Waals surface area contributed by atoms with Gasteiger partial charge < -0.3 is 37.2 Å². The molecule has 0 aromatic heterocycles. The Hall–Kier alpha value is 0.284. The summed E-state index contributed by atoms with van der Waals surface area (Å²) >= 11 is 2.20. The van der Waals surface area contributed by atoms with E-state index in [-0.39, 0.29) is 37.2 Å². The summed E-state index contributed by atoms with van der Waals surface area (Å²) in [7, 11) is 0. The number of aryl methyl sites for hydroxylation is 1. The van der Waals surface area contributed by atoms with Crippen molar-refractivity contribution < 1.29 is 57.7 Å². The molecule has 4 heteroatoms. The molecule has 0 atom stereocenters. The number of benzene rings is 1. The van der Waals surface area contributed by atoms with E-state index in [4.69, 9.17) is 0 Å². The molecular weight excluding hydrogens is 310 g/mol. The Balaban J connectivity index is 0. The van der Waals surface area contributed by atoms with Crippen LogP contribution in [0.1, 0.15) is 17.5 Å². The first-order chi connectivity index (χ1) is 6.75. The van der Waals surface area contributed by atoms with Gasteiger partial charge in [-0.05, 0) is 0 Å². The van der Waals surface area contributed by atoms with Gasteiger partial charge in [-0.3, -0.25) is 0 Å². The van der Waals surface area contributed by atoms with Crippen LogP contribution >= 0.6 is 0 Å². The first-order valence-corrected chi connectivity index (χ1v) is 5.69. The number of allylic oxidation sites excluding steroid dienone is 4. The smallest absolute Gasteiger partial charge is 1.00 e. The predicted octanol–water partition coefficient (Wildman–Crippen LogP) is -5.69. The fraction of sp³-hybridized carbons (Fsp3) is 0.231. The zero-order valence-corrected chi connectivity index (χ0v) is 13.3. The molecule has 0 unspecified atom stereocenters. The molecule has 1 aliphatic carbocycles. The van der Waals surface area contributed by atoms with Gasteiger partial charge >= 0.3 is 97.2 Å². The molecule has 0 spiro atoms. The molecule has 90 valence electrons. The van der Waals surface area contributed by atoms with Gasteiger partial charge in [0, 0.05) is 0 Å². The van der Waals surface area contributed by atoms with Crippen LogP contribution in [0, 0.1) is 6.92 Å².